The second kappa shape index (κ2) is 8.35. The molecule has 1 aliphatic heterocycles. The van der Waals surface area contributed by atoms with E-state index in [9.17, 15) is 4.79 Å². The van der Waals surface area contributed by atoms with Gasteiger partial charge < -0.3 is 10.2 Å². The third-order valence-electron chi connectivity index (χ3n) is 4.40. The highest BCUT2D eigenvalue weighted by Crippen LogP contribution is 2.28. The van der Waals surface area contributed by atoms with Crippen LogP contribution in [0.2, 0.25) is 0 Å². The average Bonchev–Trinajstić information content (AvgIpc) is 3.32. The van der Waals surface area contributed by atoms with Crippen LogP contribution in [0.3, 0.4) is 0 Å². The molecule has 0 aromatic carbocycles. The van der Waals surface area contributed by atoms with Gasteiger partial charge in [0.1, 0.15) is 0 Å². The van der Waals surface area contributed by atoms with E-state index in [1.807, 2.05) is 4.90 Å². The Hall–Kier alpha value is -1.13. The van der Waals surface area contributed by atoms with Crippen LogP contribution < -0.4 is 5.32 Å². The Kier molecular flexibility index (Phi) is 6.46. The Balaban J connectivity index is 1.86. The molecule has 0 spiro atoms. The van der Waals surface area contributed by atoms with Crippen molar-refractivity contribution in [2.24, 2.45) is 5.92 Å². The molecule has 0 radical (unpaired) electrons. The molecule has 1 saturated carbocycles. The van der Waals surface area contributed by atoms with Gasteiger partial charge in [-0.05, 0) is 44.7 Å². The number of amides is 1. The average molecular weight is 291 g/mol. The number of hydrogen-bond acceptors (Lipinski definition) is 3. The Morgan fingerprint density at radius 3 is 2.24 bits per heavy atom. The number of rotatable bonds is 9. The predicted molar refractivity (Wildman–Crippen MR) is 87.2 cm³/mol. The van der Waals surface area contributed by atoms with Crippen molar-refractivity contribution < 1.29 is 4.79 Å². The van der Waals surface area contributed by atoms with E-state index >= 15 is 0 Å². The lowest BCUT2D eigenvalue weighted by molar-refractivity contribution is -0.131. The summed E-state index contributed by atoms with van der Waals surface area (Å²) in [5.74, 6) is 0.947. The number of hydrogen-bond donors (Lipinski definition) is 1. The number of nitrogens with one attached hydrogen (secondary N) is 1. The van der Waals surface area contributed by atoms with Gasteiger partial charge in [0.15, 0.2) is 0 Å². The standard InChI is InChI=1S/C17H29N3O/c1-3-11-19(12-4-2)17(21)14-20(16-5-6-16)13-15-7-9-18-10-8-15/h3-4,15-16,18H,1-2,5-14H2. The molecule has 0 aromatic rings. The largest absolute Gasteiger partial charge is 0.334 e. The van der Waals surface area contributed by atoms with E-state index in [1.54, 1.807) is 12.2 Å². The first-order valence-corrected chi connectivity index (χ1v) is 8.19. The smallest absolute Gasteiger partial charge is 0.237 e. The summed E-state index contributed by atoms with van der Waals surface area (Å²) in [4.78, 5) is 16.7. The lowest BCUT2D eigenvalue weighted by Gasteiger charge is -2.31. The monoisotopic (exact) mass is 291 g/mol. The number of piperidine rings is 1. The molecule has 0 unspecified atom stereocenters. The van der Waals surface area contributed by atoms with Gasteiger partial charge in [-0.1, -0.05) is 12.2 Å². The maximum absolute atomic E-state index is 12.5. The summed E-state index contributed by atoms with van der Waals surface area (Å²) < 4.78 is 0. The first-order chi connectivity index (χ1) is 10.2. The van der Waals surface area contributed by atoms with E-state index < -0.39 is 0 Å². The topological polar surface area (TPSA) is 35.6 Å². The molecule has 2 aliphatic rings. The van der Waals surface area contributed by atoms with Gasteiger partial charge in [-0.3, -0.25) is 9.69 Å². The van der Waals surface area contributed by atoms with Crippen LogP contribution in [0.1, 0.15) is 25.7 Å². The predicted octanol–water partition coefficient (Wildman–Crippen LogP) is 1.65. The van der Waals surface area contributed by atoms with Gasteiger partial charge in [-0.25, -0.2) is 0 Å². The molecule has 2 rings (SSSR count). The van der Waals surface area contributed by atoms with Crippen molar-refractivity contribution in [2.75, 3.05) is 39.3 Å². The van der Waals surface area contributed by atoms with Gasteiger partial charge in [0.25, 0.3) is 0 Å². The fourth-order valence-electron chi connectivity index (χ4n) is 3.04. The molecular weight excluding hydrogens is 262 g/mol. The summed E-state index contributed by atoms with van der Waals surface area (Å²) >= 11 is 0. The van der Waals surface area contributed by atoms with Crippen molar-refractivity contribution in [3.05, 3.63) is 25.3 Å². The Morgan fingerprint density at radius 2 is 1.71 bits per heavy atom. The molecule has 0 aromatic heterocycles. The quantitative estimate of drug-likeness (QED) is 0.656. The highest BCUT2D eigenvalue weighted by Gasteiger charge is 2.32. The van der Waals surface area contributed by atoms with Gasteiger partial charge in [0.05, 0.1) is 6.54 Å². The van der Waals surface area contributed by atoms with Crippen molar-refractivity contribution >= 4 is 5.91 Å². The Bertz CT molecular complexity index is 349. The van der Waals surface area contributed by atoms with Crippen LogP contribution in [0.4, 0.5) is 0 Å². The number of carbonyl (C=O) groups excluding carboxylic acids is 1. The minimum atomic E-state index is 0.204. The molecule has 2 fully saturated rings. The van der Waals surface area contributed by atoms with Crippen LogP contribution in [0.5, 0.6) is 0 Å². The molecule has 1 heterocycles. The van der Waals surface area contributed by atoms with E-state index in [0.717, 1.165) is 25.6 Å². The van der Waals surface area contributed by atoms with Gasteiger partial charge in [0, 0.05) is 25.7 Å². The van der Waals surface area contributed by atoms with E-state index in [0.29, 0.717) is 25.7 Å². The highest BCUT2D eigenvalue weighted by atomic mass is 16.2. The van der Waals surface area contributed by atoms with Crippen LogP contribution in [-0.4, -0.2) is 61.0 Å². The van der Waals surface area contributed by atoms with E-state index in [1.165, 1.54) is 25.7 Å². The summed E-state index contributed by atoms with van der Waals surface area (Å²) in [7, 11) is 0. The van der Waals surface area contributed by atoms with E-state index in [2.05, 4.69) is 23.4 Å². The number of carbonyl (C=O) groups is 1. The molecule has 1 saturated heterocycles. The SMILES string of the molecule is C=CCN(CC=C)C(=O)CN(CC1CCNCC1)C1CC1. The van der Waals surface area contributed by atoms with Crippen LogP contribution >= 0.6 is 0 Å². The molecule has 0 bridgehead atoms. The zero-order chi connectivity index (χ0) is 15.1. The van der Waals surface area contributed by atoms with Gasteiger partial charge in [0.2, 0.25) is 5.91 Å². The maximum atomic E-state index is 12.5. The minimum absolute atomic E-state index is 0.204. The zero-order valence-corrected chi connectivity index (χ0v) is 13.1. The first kappa shape index (κ1) is 16.2. The maximum Gasteiger partial charge on any atom is 0.237 e. The third-order valence-corrected chi connectivity index (χ3v) is 4.40. The zero-order valence-electron chi connectivity index (χ0n) is 13.1. The van der Waals surface area contributed by atoms with Crippen LogP contribution in [0.25, 0.3) is 0 Å². The lowest BCUT2D eigenvalue weighted by Crippen LogP contribution is -2.44. The molecule has 4 nitrogen and oxygen atoms in total. The molecule has 1 amide bonds. The molecule has 21 heavy (non-hydrogen) atoms. The Morgan fingerprint density at radius 1 is 1.10 bits per heavy atom. The fraction of sp³-hybridized carbons (Fsp3) is 0.706. The summed E-state index contributed by atoms with van der Waals surface area (Å²) in [6.45, 7) is 12.6. The van der Waals surface area contributed by atoms with Crippen molar-refractivity contribution in [3.63, 3.8) is 0 Å². The van der Waals surface area contributed by atoms with Crippen molar-refractivity contribution in [1.82, 2.24) is 15.1 Å². The Labute approximate surface area is 128 Å². The first-order valence-electron chi connectivity index (χ1n) is 8.19. The molecular formula is C17H29N3O. The number of nitrogens with zero attached hydrogens (tertiary/aromatic N) is 2. The highest BCUT2D eigenvalue weighted by molar-refractivity contribution is 5.78. The minimum Gasteiger partial charge on any atom is -0.334 e. The van der Waals surface area contributed by atoms with Gasteiger partial charge >= 0.3 is 0 Å². The van der Waals surface area contributed by atoms with Crippen molar-refractivity contribution in [3.8, 4) is 0 Å². The van der Waals surface area contributed by atoms with Crippen molar-refractivity contribution in [1.29, 1.82) is 0 Å². The fourth-order valence-corrected chi connectivity index (χ4v) is 3.04. The van der Waals surface area contributed by atoms with E-state index in [4.69, 9.17) is 0 Å². The lowest BCUT2D eigenvalue weighted by atomic mass is 9.97. The molecule has 0 atom stereocenters. The summed E-state index contributed by atoms with van der Waals surface area (Å²) in [6, 6.07) is 0.637. The summed E-state index contributed by atoms with van der Waals surface area (Å²) in [5, 5.41) is 3.41. The van der Waals surface area contributed by atoms with Gasteiger partial charge in [-0.15, -0.1) is 13.2 Å². The van der Waals surface area contributed by atoms with Gasteiger partial charge in [-0.2, -0.15) is 0 Å². The molecule has 118 valence electrons. The van der Waals surface area contributed by atoms with Crippen LogP contribution in [-0.2, 0) is 4.79 Å². The van der Waals surface area contributed by atoms with E-state index in [-0.39, 0.29) is 5.91 Å². The second-order valence-electron chi connectivity index (χ2n) is 6.23. The van der Waals surface area contributed by atoms with Crippen LogP contribution in [0, 0.1) is 5.92 Å². The summed E-state index contributed by atoms with van der Waals surface area (Å²) in [5.41, 5.74) is 0. The third kappa shape index (κ3) is 5.29. The molecule has 1 N–H and O–H groups in total. The normalized spacial score (nSPS) is 19.5. The van der Waals surface area contributed by atoms with Crippen molar-refractivity contribution in [2.45, 2.75) is 31.7 Å². The molecule has 1 aliphatic carbocycles. The molecule has 4 heteroatoms. The van der Waals surface area contributed by atoms with Crippen LogP contribution in [0.15, 0.2) is 25.3 Å². The second-order valence-corrected chi connectivity index (χ2v) is 6.23. The summed E-state index contributed by atoms with van der Waals surface area (Å²) in [6.07, 6.45) is 8.55.